The Bertz CT molecular complexity index is 1510. The van der Waals surface area contributed by atoms with Crippen molar-refractivity contribution in [1.82, 2.24) is 29.7 Å². The summed E-state index contributed by atoms with van der Waals surface area (Å²) in [4.78, 5) is 19.5. The van der Waals surface area contributed by atoms with E-state index in [9.17, 15) is 10.1 Å². The molecule has 4 aromatic heterocycles. The van der Waals surface area contributed by atoms with E-state index < -0.39 is 0 Å². The largest absolute Gasteiger partial charge is 0.356 e. The number of pyridine rings is 2. The Kier molecular flexibility index (Phi) is 7.13. The predicted octanol–water partition coefficient (Wildman–Crippen LogP) is 5.23. The zero-order chi connectivity index (χ0) is 27.7. The van der Waals surface area contributed by atoms with Gasteiger partial charge in [-0.3, -0.25) is 9.48 Å². The summed E-state index contributed by atoms with van der Waals surface area (Å²) >= 11 is 0. The lowest BCUT2D eigenvalue weighted by Crippen LogP contribution is -2.56. The molecule has 4 aromatic rings. The Morgan fingerprint density at radius 3 is 2.41 bits per heavy atom. The Morgan fingerprint density at radius 2 is 1.82 bits per heavy atom. The number of anilines is 1. The van der Waals surface area contributed by atoms with E-state index in [-0.39, 0.29) is 23.4 Å². The summed E-state index contributed by atoms with van der Waals surface area (Å²) in [6.07, 6.45) is 12.0. The van der Waals surface area contributed by atoms with Crippen LogP contribution in [0.1, 0.15) is 65.5 Å². The van der Waals surface area contributed by atoms with Crippen LogP contribution in [-0.4, -0.2) is 48.9 Å². The van der Waals surface area contributed by atoms with Gasteiger partial charge in [-0.2, -0.15) is 15.5 Å². The van der Waals surface area contributed by atoms with Crippen LogP contribution < -0.4 is 10.2 Å². The minimum Gasteiger partial charge on any atom is -0.356 e. The van der Waals surface area contributed by atoms with Gasteiger partial charge in [-0.1, -0.05) is 20.8 Å². The average Bonchev–Trinajstić information content (AvgIpc) is 3.61. The molecule has 0 unspecified atom stereocenters. The quantitative estimate of drug-likeness (QED) is 0.355. The molecule has 0 bridgehead atoms. The van der Waals surface area contributed by atoms with Gasteiger partial charge in [0.05, 0.1) is 23.5 Å². The molecule has 5 rings (SSSR count). The highest BCUT2D eigenvalue weighted by Gasteiger charge is 2.35. The van der Waals surface area contributed by atoms with Crippen LogP contribution in [0.4, 0.5) is 5.82 Å². The topological polar surface area (TPSA) is 104 Å². The van der Waals surface area contributed by atoms with Crippen LogP contribution >= 0.6 is 0 Å². The van der Waals surface area contributed by atoms with Gasteiger partial charge in [0.25, 0.3) is 0 Å². The molecule has 5 heterocycles. The molecule has 202 valence electrons. The molecule has 1 fully saturated rings. The summed E-state index contributed by atoms with van der Waals surface area (Å²) in [7, 11) is 0. The molecule has 0 atom stereocenters. The SMILES string of the molecule is CCC1(NC(=O)C(C)C)CCN(c2ccc(-c3cc(-c4cnn(C(C)C)c4)cn4ncc(C#N)c34)cn2)CC1. The molecule has 1 aliphatic heterocycles. The second kappa shape index (κ2) is 10.5. The van der Waals surface area contributed by atoms with Crippen molar-refractivity contribution < 1.29 is 4.79 Å². The molecule has 0 saturated carbocycles. The van der Waals surface area contributed by atoms with Crippen molar-refractivity contribution in [2.45, 2.75) is 65.5 Å². The second-order valence-electron chi connectivity index (χ2n) is 11.1. The summed E-state index contributed by atoms with van der Waals surface area (Å²) < 4.78 is 3.70. The third-order valence-corrected chi connectivity index (χ3v) is 7.89. The number of hydrogen-bond donors (Lipinski definition) is 1. The van der Waals surface area contributed by atoms with Crippen molar-refractivity contribution >= 4 is 17.2 Å². The molecule has 0 spiro atoms. The Balaban J connectivity index is 1.42. The first-order chi connectivity index (χ1) is 18.7. The van der Waals surface area contributed by atoms with Gasteiger partial charge < -0.3 is 10.2 Å². The van der Waals surface area contributed by atoms with Crippen molar-refractivity contribution in [1.29, 1.82) is 5.26 Å². The molecule has 39 heavy (non-hydrogen) atoms. The fourth-order valence-corrected chi connectivity index (χ4v) is 5.22. The number of carbonyl (C=O) groups excluding carboxylic acids is 1. The zero-order valence-corrected chi connectivity index (χ0v) is 23.3. The van der Waals surface area contributed by atoms with Crippen LogP contribution in [0, 0.1) is 17.2 Å². The number of piperidine rings is 1. The fraction of sp³-hybridized carbons (Fsp3) is 0.433. The molecule has 0 aromatic carbocycles. The molecule has 9 heteroatoms. The van der Waals surface area contributed by atoms with Crippen LogP contribution in [0.5, 0.6) is 0 Å². The highest BCUT2D eigenvalue weighted by Crippen LogP contribution is 2.34. The van der Waals surface area contributed by atoms with Crippen molar-refractivity contribution in [2.24, 2.45) is 5.92 Å². The maximum absolute atomic E-state index is 12.4. The number of carbonyl (C=O) groups is 1. The number of fused-ring (bicyclic) bond motifs is 1. The second-order valence-corrected chi connectivity index (χ2v) is 11.1. The van der Waals surface area contributed by atoms with Gasteiger partial charge in [-0.05, 0) is 51.3 Å². The van der Waals surface area contributed by atoms with Crippen molar-refractivity contribution in [3.8, 4) is 28.3 Å². The maximum Gasteiger partial charge on any atom is 0.222 e. The molecule has 0 aliphatic carbocycles. The van der Waals surface area contributed by atoms with Crippen LogP contribution in [0.25, 0.3) is 27.8 Å². The van der Waals surface area contributed by atoms with Crippen LogP contribution in [0.2, 0.25) is 0 Å². The van der Waals surface area contributed by atoms with Gasteiger partial charge in [-0.25, -0.2) is 9.50 Å². The third-order valence-electron chi connectivity index (χ3n) is 7.89. The van der Waals surface area contributed by atoms with Gasteiger partial charge >= 0.3 is 0 Å². The highest BCUT2D eigenvalue weighted by atomic mass is 16.2. The molecule has 1 aliphatic rings. The monoisotopic (exact) mass is 524 g/mol. The van der Waals surface area contributed by atoms with Gasteiger partial charge in [-0.15, -0.1) is 0 Å². The Morgan fingerprint density at radius 1 is 1.05 bits per heavy atom. The molecule has 1 amide bonds. The molecule has 0 radical (unpaired) electrons. The summed E-state index contributed by atoms with van der Waals surface area (Å²) in [5.74, 6) is 1.02. The minimum atomic E-state index is -0.150. The fourth-order valence-electron chi connectivity index (χ4n) is 5.22. The van der Waals surface area contributed by atoms with E-state index in [0.717, 1.165) is 65.9 Å². The minimum absolute atomic E-state index is 0.0191. The van der Waals surface area contributed by atoms with Crippen LogP contribution in [0.15, 0.2) is 49.2 Å². The zero-order valence-electron chi connectivity index (χ0n) is 23.3. The summed E-state index contributed by atoms with van der Waals surface area (Å²) in [6, 6.07) is 8.74. The predicted molar refractivity (Wildman–Crippen MR) is 152 cm³/mol. The number of aromatic nitrogens is 5. The number of hydrogen-bond acceptors (Lipinski definition) is 6. The van der Waals surface area contributed by atoms with Crippen molar-refractivity contribution in [3.63, 3.8) is 0 Å². The van der Waals surface area contributed by atoms with E-state index in [1.807, 2.05) is 49.4 Å². The van der Waals surface area contributed by atoms with E-state index in [1.165, 1.54) is 0 Å². The first kappa shape index (κ1) is 26.4. The maximum atomic E-state index is 12.4. The third kappa shape index (κ3) is 5.11. The van der Waals surface area contributed by atoms with Gasteiger partial charge in [0.15, 0.2) is 0 Å². The number of nitrogens with zero attached hydrogens (tertiary/aromatic N) is 7. The smallest absolute Gasteiger partial charge is 0.222 e. The normalized spacial score (nSPS) is 15.2. The van der Waals surface area contributed by atoms with Crippen molar-refractivity contribution in [2.75, 3.05) is 18.0 Å². The average molecular weight is 525 g/mol. The Hall–Kier alpha value is -4.19. The van der Waals surface area contributed by atoms with Crippen LogP contribution in [-0.2, 0) is 4.79 Å². The van der Waals surface area contributed by atoms with Crippen LogP contribution in [0.3, 0.4) is 0 Å². The first-order valence-electron chi connectivity index (χ1n) is 13.7. The molecule has 1 saturated heterocycles. The molecule has 9 nitrogen and oxygen atoms in total. The number of nitriles is 1. The van der Waals surface area contributed by atoms with E-state index >= 15 is 0 Å². The Labute approximate surface area is 229 Å². The summed E-state index contributed by atoms with van der Waals surface area (Å²) in [5.41, 5.74) is 4.91. The summed E-state index contributed by atoms with van der Waals surface area (Å²) in [6.45, 7) is 11.9. The van der Waals surface area contributed by atoms with E-state index in [1.54, 1.807) is 10.7 Å². The molecular formula is C30H36N8O. The van der Waals surface area contributed by atoms with Gasteiger partial charge in [0, 0.05) is 71.4 Å². The highest BCUT2D eigenvalue weighted by molar-refractivity contribution is 5.87. The number of amides is 1. The van der Waals surface area contributed by atoms with Gasteiger partial charge in [0.2, 0.25) is 5.91 Å². The van der Waals surface area contributed by atoms with E-state index in [0.29, 0.717) is 5.56 Å². The lowest BCUT2D eigenvalue weighted by molar-refractivity contribution is -0.126. The summed E-state index contributed by atoms with van der Waals surface area (Å²) in [5, 5.41) is 22.0. The van der Waals surface area contributed by atoms with E-state index in [2.05, 4.69) is 59.4 Å². The number of rotatable bonds is 7. The molecular weight excluding hydrogens is 488 g/mol. The van der Waals surface area contributed by atoms with Gasteiger partial charge in [0.1, 0.15) is 11.9 Å². The lowest BCUT2D eigenvalue weighted by Gasteiger charge is -2.42. The standard InChI is InChI=1S/C30H36N8O/c1-6-30(35-29(39)20(2)3)9-11-36(12-10-30)27-8-7-22(15-32-27)26-13-23(25-17-33-37(19-25)21(4)5)18-38-28(26)24(14-31)16-34-38/h7-8,13,15-21H,6,9-12H2,1-5H3,(H,35,39). The lowest BCUT2D eigenvalue weighted by atomic mass is 9.84. The molecule has 1 N–H and O–H groups in total. The van der Waals surface area contributed by atoms with E-state index in [4.69, 9.17) is 4.98 Å². The van der Waals surface area contributed by atoms with Crippen molar-refractivity contribution in [3.05, 3.63) is 54.7 Å². The number of nitrogens with one attached hydrogen (secondary N) is 1. The first-order valence-corrected chi connectivity index (χ1v) is 13.7.